The molecule has 1 aromatic carbocycles. The minimum Gasteiger partial charge on any atom is -0.481 e. The van der Waals surface area contributed by atoms with Gasteiger partial charge in [0.1, 0.15) is 18.4 Å². The Morgan fingerprint density at radius 1 is 1.17 bits per heavy atom. The fourth-order valence-corrected chi connectivity index (χ4v) is 4.04. The highest BCUT2D eigenvalue weighted by molar-refractivity contribution is 6.00. The average molecular weight is 490 g/mol. The zero-order valence-corrected chi connectivity index (χ0v) is 18.7. The van der Waals surface area contributed by atoms with Crippen LogP contribution in [0.15, 0.2) is 24.3 Å². The van der Waals surface area contributed by atoms with Gasteiger partial charge in [0.2, 0.25) is 11.8 Å². The fraction of sp³-hybridized carbons (Fsp3) is 0.478. The van der Waals surface area contributed by atoms with Crippen molar-refractivity contribution in [1.82, 2.24) is 20.7 Å². The van der Waals surface area contributed by atoms with Crippen molar-refractivity contribution in [2.24, 2.45) is 0 Å². The van der Waals surface area contributed by atoms with Crippen LogP contribution in [0.4, 0.5) is 5.69 Å². The SMILES string of the molecule is C.CNc1ccc(C(=O)N[C@H]2CCC(=O)N3CCC[C@@H](C(=O)N[C@H](C=O)CC(=O)O)N3C2=O)cc1. The lowest BCUT2D eigenvalue weighted by Crippen LogP contribution is -2.64. The number of nitrogens with one attached hydrogen (secondary N) is 3. The molecule has 12 heteroatoms. The molecule has 2 saturated heterocycles. The molecule has 2 aliphatic rings. The molecule has 3 rings (SSSR count). The van der Waals surface area contributed by atoms with E-state index in [-0.39, 0.29) is 39.1 Å². The second kappa shape index (κ2) is 12.0. The van der Waals surface area contributed by atoms with Crippen molar-refractivity contribution in [3.05, 3.63) is 29.8 Å². The molecule has 35 heavy (non-hydrogen) atoms. The third kappa shape index (κ3) is 6.34. The molecular weight excluding hydrogens is 458 g/mol. The Morgan fingerprint density at radius 3 is 2.46 bits per heavy atom. The molecule has 2 aliphatic heterocycles. The highest BCUT2D eigenvalue weighted by Crippen LogP contribution is 2.25. The van der Waals surface area contributed by atoms with E-state index in [1.54, 1.807) is 31.3 Å². The van der Waals surface area contributed by atoms with E-state index in [2.05, 4.69) is 16.0 Å². The standard InChI is InChI=1S/C22H27N5O7.CH4/c1-23-14-6-4-13(5-7-14)20(32)25-16-8-9-18(29)26-10-2-3-17(27(26)22(16)34)21(33)24-15(12-28)11-19(30)31;/h4-7,12,15-17,23H,2-3,8-11H2,1H3,(H,24,33)(H,25,32)(H,30,31);1H4/t15-,16-,17-;/m0./s1. The number of hydrazine groups is 1. The lowest BCUT2D eigenvalue weighted by atomic mass is 10.0. The predicted molar refractivity (Wildman–Crippen MR) is 125 cm³/mol. The molecule has 3 atom stereocenters. The van der Waals surface area contributed by atoms with Crippen LogP contribution in [0.5, 0.6) is 0 Å². The summed E-state index contributed by atoms with van der Waals surface area (Å²) in [5.74, 6) is -3.49. The summed E-state index contributed by atoms with van der Waals surface area (Å²) in [4.78, 5) is 73.8. The van der Waals surface area contributed by atoms with Crippen LogP contribution in [0, 0.1) is 0 Å². The molecular formula is C23H31N5O7. The van der Waals surface area contributed by atoms with Gasteiger partial charge in [-0.25, -0.2) is 5.01 Å². The number of carbonyl (C=O) groups excluding carboxylic acids is 5. The monoisotopic (exact) mass is 489 g/mol. The first-order valence-electron chi connectivity index (χ1n) is 10.9. The van der Waals surface area contributed by atoms with Gasteiger partial charge in [-0.05, 0) is 43.5 Å². The van der Waals surface area contributed by atoms with Crippen LogP contribution in [0.3, 0.4) is 0 Å². The first kappa shape index (κ1) is 27.3. The lowest BCUT2D eigenvalue weighted by molar-refractivity contribution is -0.176. The largest absolute Gasteiger partial charge is 0.481 e. The Morgan fingerprint density at radius 2 is 1.86 bits per heavy atom. The third-order valence-electron chi connectivity index (χ3n) is 5.79. The van der Waals surface area contributed by atoms with Crippen LogP contribution < -0.4 is 16.0 Å². The maximum absolute atomic E-state index is 13.4. The summed E-state index contributed by atoms with van der Waals surface area (Å²) in [6.07, 6.45) is 0.415. The number of carboxylic acid groups (broad SMARTS) is 1. The second-order valence-electron chi connectivity index (χ2n) is 8.10. The number of hydrogen-bond donors (Lipinski definition) is 4. The zero-order chi connectivity index (χ0) is 24.8. The molecule has 0 aliphatic carbocycles. The molecule has 0 unspecified atom stereocenters. The predicted octanol–water partition coefficient (Wildman–Crippen LogP) is 0.150. The highest BCUT2D eigenvalue weighted by atomic mass is 16.4. The number of hydrogen-bond acceptors (Lipinski definition) is 7. The second-order valence-corrected chi connectivity index (χ2v) is 8.10. The fourth-order valence-electron chi connectivity index (χ4n) is 4.04. The number of aldehydes is 1. The number of aliphatic carboxylic acids is 1. The molecule has 0 saturated carbocycles. The number of rotatable bonds is 8. The van der Waals surface area contributed by atoms with Crippen molar-refractivity contribution >= 4 is 41.6 Å². The Hall–Kier alpha value is -3.96. The number of anilines is 1. The van der Waals surface area contributed by atoms with Crippen molar-refractivity contribution in [1.29, 1.82) is 0 Å². The summed E-state index contributed by atoms with van der Waals surface area (Å²) in [6.45, 7) is 0.229. The molecule has 0 spiro atoms. The van der Waals surface area contributed by atoms with Gasteiger partial charge in [0.15, 0.2) is 0 Å². The van der Waals surface area contributed by atoms with Crippen LogP contribution >= 0.6 is 0 Å². The van der Waals surface area contributed by atoms with Crippen molar-refractivity contribution in [3.63, 3.8) is 0 Å². The summed E-state index contributed by atoms with van der Waals surface area (Å²) >= 11 is 0. The van der Waals surface area contributed by atoms with E-state index in [0.717, 1.165) is 10.7 Å². The Labute approximate surface area is 203 Å². The first-order chi connectivity index (χ1) is 16.2. The van der Waals surface area contributed by atoms with Crippen LogP contribution in [0.25, 0.3) is 0 Å². The molecule has 0 bridgehead atoms. The van der Waals surface area contributed by atoms with Crippen LogP contribution in [0.1, 0.15) is 49.9 Å². The van der Waals surface area contributed by atoms with Crippen molar-refractivity contribution in [2.45, 2.75) is 57.7 Å². The van der Waals surface area contributed by atoms with Gasteiger partial charge in [-0.2, -0.15) is 0 Å². The Balaban J connectivity index is 0.00000432. The van der Waals surface area contributed by atoms with Gasteiger partial charge in [-0.3, -0.25) is 29.0 Å². The molecule has 0 aromatic heterocycles. The summed E-state index contributed by atoms with van der Waals surface area (Å²) < 4.78 is 0. The quantitative estimate of drug-likeness (QED) is 0.375. The van der Waals surface area contributed by atoms with E-state index >= 15 is 0 Å². The highest BCUT2D eigenvalue weighted by Gasteiger charge is 2.44. The van der Waals surface area contributed by atoms with Gasteiger partial charge >= 0.3 is 5.97 Å². The van der Waals surface area contributed by atoms with Crippen LogP contribution in [0.2, 0.25) is 0 Å². The van der Waals surface area contributed by atoms with E-state index in [1.165, 1.54) is 5.01 Å². The van der Waals surface area contributed by atoms with Gasteiger partial charge in [-0.1, -0.05) is 7.43 Å². The third-order valence-corrected chi connectivity index (χ3v) is 5.79. The normalized spacial score (nSPS) is 20.5. The molecule has 2 heterocycles. The number of amides is 4. The van der Waals surface area contributed by atoms with E-state index in [1.807, 2.05) is 0 Å². The van der Waals surface area contributed by atoms with E-state index in [0.29, 0.717) is 18.3 Å². The van der Waals surface area contributed by atoms with Crippen molar-refractivity contribution < 1.29 is 33.9 Å². The number of nitrogens with zero attached hydrogens (tertiary/aromatic N) is 2. The van der Waals surface area contributed by atoms with Gasteiger partial charge < -0.3 is 25.9 Å². The van der Waals surface area contributed by atoms with Gasteiger partial charge in [0.25, 0.3) is 11.8 Å². The maximum Gasteiger partial charge on any atom is 0.305 e. The van der Waals surface area contributed by atoms with Gasteiger partial charge in [-0.15, -0.1) is 0 Å². The summed E-state index contributed by atoms with van der Waals surface area (Å²) in [7, 11) is 1.74. The van der Waals surface area contributed by atoms with E-state index in [4.69, 9.17) is 5.11 Å². The molecule has 2 fully saturated rings. The molecule has 12 nitrogen and oxygen atoms in total. The average Bonchev–Trinajstić information content (AvgIpc) is 2.95. The summed E-state index contributed by atoms with van der Waals surface area (Å²) in [6, 6.07) is 3.18. The number of carboxylic acids is 1. The van der Waals surface area contributed by atoms with E-state index < -0.39 is 48.2 Å². The molecule has 4 N–H and O–H groups in total. The minimum atomic E-state index is -1.27. The molecule has 190 valence electrons. The van der Waals surface area contributed by atoms with Crippen molar-refractivity contribution in [3.8, 4) is 0 Å². The first-order valence-corrected chi connectivity index (χ1v) is 10.9. The number of fused-ring (bicyclic) bond motifs is 1. The van der Waals surface area contributed by atoms with Crippen molar-refractivity contribution in [2.75, 3.05) is 18.9 Å². The smallest absolute Gasteiger partial charge is 0.305 e. The number of benzene rings is 1. The zero-order valence-electron chi connectivity index (χ0n) is 18.7. The summed E-state index contributed by atoms with van der Waals surface area (Å²) in [5, 5.41) is 19.1. The number of carbonyl (C=O) groups is 6. The van der Waals surface area contributed by atoms with Gasteiger partial charge in [0, 0.05) is 31.3 Å². The maximum atomic E-state index is 13.4. The van der Waals surface area contributed by atoms with Crippen LogP contribution in [-0.2, 0) is 24.0 Å². The van der Waals surface area contributed by atoms with E-state index in [9.17, 15) is 28.8 Å². The summed E-state index contributed by atoms with van der Waals surface area (Å²) in [5.41, 5.74) is 1.14. The minimum absolute atomic E-state index is 0. The molecule has 4 amide bonds. The molecule has 0 radical (unpaired) electrons. The molecule has 1 aromatic rings. The lowest BCUT2D eigenvalue weighted by Gasteiger charge is -2.43. The Bertz CT molecular complexity index is 981. The van der Waals surface area contributed by atoms with Gasteiger partial charge in [0.05, 0.1) is 12.5 Å². The topological polar surface area (TPSA) is 165 Å². The van der Waals surface area contributed by atoms with Crippen LogP contribution in [-0.4, -0.2) is 82.7 Å². The Kier molecular flexibility index (Phi) is 9.32.